The molecular weight excluding hydrogens is 524 g/mol. The first kappa shape index (κ1) is 26.5. The van der Waals surface area contributed by atoms with Crippen LogP contribution in [0.25, 0.3) is 22.2 Å². The van der Waals surface area contributed by atoms with E-state index in [1.807, 2.05) is 17.7 Å². The van der Waals surface area contributed by atoms with Crippen LogP contribution in [0.5, 0.6) is 5.75 Å². The lowest BCUT2D eigenvalue weighted by molar-refractivity contribution is -0.153. The summed E-state index contributed by atoms with van der Waals surface area (Å²) in [5.41, 5.74) is 4.10. The second-order valence-electron chi connectivity index (χ2n) is 9.81. The number of halogens is 5. The minimum absolute atomic E-state index is 0.130. The zero-order valence-electron chi connectivity index (χ0n) is 20.8. The first-order valence-corrected chi connectivity index (χ1v) is 12.8. The first-order chi connectivity index (χ1) is 18.0. The van der Waals surface area contributed by atoms with Crippen LogP contribution >= 0.6 is 11.6 Å². The monoisotopic (exact) mass is 550 g/mol. The van der Waals surface area contributed by atoms with Gasteiger partial charge in [0.2, 0.25) is 0 Å². The van der Waals surface area contributed by atoms with Crippen LogP contribution in [0.1, 0.15) is 61.4 Å². The van der Waals surface area contributed by atoms with Gasteiger partial charge in [-0.2, -0.15) is 18.3 Å². The maximum atomic E-state index is 14.4. The number of alkyl halides is 3. The van der Waals surface area contributed by atoms with Gasteiger partial charge in [-0.15, -0.1) is 0 Å². The van der Waals surface area contributed by atoms with Crippen molar-refractivity contribution in [2.45, 2.75) is 63.8 Å². The highest BCUT2D eigenvalue weighted by atomic mass is 35.5. The predicted molar refractivity (Wildman–Crippen MR) is 136 cm³/mol. The van der Waals surface area contributed by atoms with Crippen molar-refractivity contribution in [2.24, 2.45) is 0 Å². The number of benzene rings is 1. The number of hydrogen-bond acceptors (Lipinski definition) is 4. The van der Waals surface area contributed by atoms with Crippen LogP contribution in [-0.2, 0) is 0 Å². The highest BCUT2D eigenvalue weighted by Gasteiger charge is 2.31. The Morgan fingerprint density at radius 3 is 2.66 bits per heavy atom. The number of hydrogen-bond donors (Lipinski definition) is 2. The van der Waals surface area contributed by atoms with Crippen LogP contribution in [0.15, 0.2) is 36.8 Å². The zero-order chi connectivity index (χ0) is 27.2. The molecule has 1 atom stereocenters. The molecule has 0 aliphatic heterocycles. The van der Waals surface area contributed by atoms with Crippen molar-refractivity contribution < 1.29 is 27.4 Å². The molecular formula is C27H27ClF4N4O2. The fourth-order valence-corrected chi connectivity index (χ4v) is 5.62. The van der Waals surface area contributed by atoms with Crippen LogP contribution < -0.4 is 4.74 Å². The summed E-state index contributed by atoms with van der Waals surface area (Å²) in [7, 11) is 0. The van der Waals surface area contributed by atoms with E-state index in [0.29, 0.717) is 11.2 Å². The van der Waals surface area contributed by atoms with Gasteiger partial charge in [0.25, 0.3) is 0 Å². The van der Waals surface area contributed by atoms with E-state index in [1.165, 1.54) is 6.07 Å². The van der Waals surface area contributed by atoms with Crippen LogP contribution in [0.4, 0.5) is 17.6 Å². The Morgan fingerprint density at radius 1 is 1.21 bits per heavy atom. The summed E-state index contributed by atoms with van der Waals surface area (Å²) in [5.74, 6) is -1.48. The molecule has 1 aliphatic carbocycles. The Balaban J connectivity index is 1.51. The lowest BCUT2D eigenvalue weighted by atomic mass is 9.91. The molecule has 2 N–H and O–H groups in total. The summed E-state index contributed by atoms with van der Waals surface area (Å²) in [6.07, 6.45) is 3.62. The molecule has 0 bridgehead atoms. The zero-order valence-corrected chi connectivity index (χ0v) is 21.6. The Labute approximate surface area is 221 Å². The maximum absolute atomic E-state index is 14.4. The normalized spacial score (nSPS) is 19.2. The highest BCUT2D eigenvalue weighted by Crippen LogP contribution is 2.42. The average molecular weight is 551 g/mol. The van der Waals surface area contributed by atoms with E-state index < -0.39 is 24.5 Å². The van der Waals surface area contributed by atoms with E-state index >= 15 is 0 Å². The van der Waals surface area contributed by atoms with Gasteiger partial charge in [0, 0.05) is 46.1 Å². The summed E-state index contributed by atoms with van der Waals surface area (Å²) >= 11 is 6.26. The van der Waals surface area contributed by atoms with Gasteiger partial charge < -0.3 is 14.8 Å². The van der Waals surface area contributed by atoms with E-state index in [1.54, 1.807) is 25.5 Å². The van der Waals surface area contributed by atoms with Gasteiger partial charge in [-0.25, -0.2) is 9.37 Å². The fourth-order valence-electron chi connectivity index (χ4n) is 5.30. The largest absolute Gasteiger partial charge is 0.484 e. The molecule has 5 rings (SSSR count). The van der Waals surface area contributed by atoms with E-state index in [2.05, 4.69) is 15.1 Å². The lowest BCUT2D eigenvalue weighted by Crippen LogP contribution is -2.22. The Kier molecular flexibility index (Phi) is 7.13. The molecule has 1 aliphatic rings. The van der Waals surface area contributed by atoms with Gasteiger partial charge in [0.05, 0.1) is 23.4 Å². The minimum atomic E-state index is -4.55. The number of rotatable bonds is 6. The highest BCUT2D eigenvalue weighted by molar-refractivity contribution is 6.31. The molecule has 0 saturated heterocycles. The topological polar surface area (TPSA) is 76.0 Å². The molecule has 202 valence electrons. The summed E-state index contributed by atoms with van der Waals surface area (Å²) in [6.45, 7) is 2.21. The molecule has 3 heterocycles. The number of aliphatic hydroxyl groups is 1. The van der Waals surface area contributed by atoms with E-state index in [4.69, 9.17) is 16.3 Å². The number of aromatic amines is 1. The number of ether oxygens (including phenoxy) is 1. The second kappa shape index (κ2) is 10.2. The minimum Gasteiger partial charge on any atom is -0.484 e. The molecule has 1 aromatic carbocycles. The predicted octanol–water partition coefficient (Wildman–Crippen LogP) is 7.10. The number of nitrogens with zero attached hydrogens (tertiary/aromatic N) is 3. The number of fused-ring (bicyclic) bond motifs is 1. The number of aromatic nitrogens is 4. The molecule has 0 amide bonds. The molecule has 6 nitrogen and oxygen atoms in total. The van der Waals surface area contributed by atoms with Gasteiger partial charge in [-0.3, -0.25) is 4.68 Å². The van der Waals surface area contributed by atoms with Gasteiger partial charge in [0.15, 0.2) is 6.61 Å². The van der Waals surface area contributed by atoms with Crippen LogP contribution in [-0.4, -0.2) is 43.7 Å². The molecule has 1 saturated carbocycles. The molecule has 0 spiro atoms. The number of H-pyrrole nitrogens is 1. The van der Waals surface area contributed by atoms with E-state index in [0.717, 1.165) is 54.0 Å². The van der Waals surface area contributed by atoms with E-state index in [-0.39, 0.29) is 28.5 Å². The van der Waals surface area contributed by atoms with Crippen molar-refractivity contribution in [2.75, 3.05) is 6.61 Å². The molecule has 0 unspecified atom stereocenters. The smallest absolute Gasteiger partial charge is 0.422 e. The maximum Gasteiger partial charge on any atom is 0.422 e. The van der Waals surface area contributed by atoms with Gasteiger partial charge in [-0.1, -0.05) is 18.5 Å². The van der Waals surface area contributed by atoms with Gasteiger partial charge >= 0.3 is 6.18 Å². The van der Waals surface area contributed by atoms with Crippen molar-refractivity contribution in [3.63, 3.8) is 0 Å². The SMILES string of the molecule is Cc1c(-c2cnc3[nH]cc([C@H](C)c4c(OCC(F)(F)F)ccc(F)c4Cl)c3c2)cnn1C1CCC(O)CC1. The van der Waals surface area contributed by atoms with Crippen molar-refractivity contribution in [1.29, 1.82) is 0 Å². The molecule has 38 heavy (non-hydrogen) atoms. The van der Waals surface area contributed by atoms with Crippen LogP contribution in [0, 0.1) is 12.7 Å². The summed E-state index contributed by atoms with van der Waals surface area (Å²) < 4.78 is 60.0. The Morgan fingerprint density at radius 2 is 1.95 bits per heavy atom. The third-order valence-electron chi connectivity index (χ3n) is 7.31. The lowest BCUT2D eigenvalue weighted by Gasteiger charge is -2.26. The number of aliphatic hydroxyl groups excluding tert-OH is 1. The van der Waals surface area contributed by atoms with Crippen molar-refractivity contribution in [3.05, 3.63) is 64.5 Å². The van der Waals surface area contributed by atoms with Crippen molar-refractivity contribution in [3.8, 4) is 16.9 Å². The average Bonchev–Trinajstić information content (AvgIpc) is 3.47. The quantitative estimate of drug-likeness (QED) is 0.251. The van der Waals surface area contributed by atoms with Crippen LogP contribution in [0.2, 0.25) is 5.02 Å². The first-order valence-electron chi connectivity index (χ1n) is 12.4. The van der Waals surface area contributed by atoms with Crippen molar-refractivity contribution in [1.82, 2.24) is 19.7 Å². The molecule has 0 radical (unpaired) electrons. The summed E-state index contributed by atoms with van der Waals surface area (Å²) in [6, 6.07) is 4.32. The molecule has 4 aromatic rings. The number of nitrogens with one attached hydrogen (secondary N) is 1. The second-order valence-corrected chi connectivity index (χ2v) is 10.2. The third kappa shape index (κ3) is 5.11. The van der Waals surface area contributed by atoms with Gasteiger partial charge in [-0.05, 0) is 56.4 Å². The van der Waals surface area contributed by atoms with E-state index in [9.17, 15) is 22.7 Å². The summed E-state index contributed by atoms with van der Waals surface area (Å²) in [5, 5.41) is 14.9. The molecule has 3 aromatic heterocycles. The van der Waals surface area contributed by atoms with Crippen LogP contribution in [0.3, 0.4) is 0 Å². The molecule has 1 fully saturated rings. The summed E-state index contributed by atoms with van der Waals surface area (Å²) in [4.78, 5) is 7.64. The third-order valence-corrected chi connectivity index (χ3v) is 7.70. The number of pyridine rings is 1. The Hall–Kier alpha value is -3.11. The standard InChI is InChI=1S/C27H27ClF4N4O2/c1-14(24-23(38-13-27(30,31)32)8-7-22(29)25(24)28)20-11-34-26-19(20)9-16(10-33-26)21-12-35-36(15(21)2)17-3-5-18(37)6-4-17/h7-12,14,17-18,37H,3-6,13H2,1-2H3,(H,33,34)/t14-,17?,18?/m0/s1. The molecule has 11 heteroatoms. The Bertz CT molecular complexity index is 1460. The van der Waals surface area contributed by atoms with Gasteiger partial charge in [0.1, 0.15) is 17.2 Å². The van der Waals surface area contributed by atoms with Crippen molar-refractivity contribution >= 4 is 22.6 Å². The fraction of sp³-hybridized carbons (Fsp3) is 0.407.